The summed E-state index contributed by atoms with van der Waals surface area (Å²) in [5.41, 5.74) is 2.29. The average Bonchev–Trinajstić information content (AvgIpc) is 3.57. The summed E-state index contributed by atoms with van der Waals surface area (Å²) in [4.78, 5) is 25.6. The molecule has 200 valence electrons. The Bertz CT molecular complexity index is 1450. The Morgan fingerprint density at radius 3 is 2.39 bits per heavy atom. The SMILES string of the molecule is Cc1cc(C(=O)COC(=O)c2ccc(S(=O)(=O)N3CCCC3)cc2)c(C)n1C[C@H]1COc2ccccc2O1. The maximum absolute atomic E-state index is 12.9. The quantitative estimate of drug-likeness (QED) is 0.318. The van der Waals surface area contributed by atoms with E-state index in [0.29, 0.717) is 43.3 Å². The van der Waals surface area contributed by atoms with Crippen LogP contribution in [0.15, 0.2) is 59.5 Å². The lowest BCUT2D eigenvalue weighted by Gasteiger charge is -2.27. The van der Waals surface area contributed by atoms with Crippen molar-refractivity contribution in [2.45, 2.75) is 44.2 Å². The summed E-state index contributed by atoms with van der Waals surface area (Å²) < 4.78 is 45.9. The number of aromatic nitrogens is 1. The minimum absolute atomic E-state index is 0.135. The molecule has 2 aliphatic heterocycles. The van der Waals surface area contributed by atoms with Gasteiger partial charge in [-0.15, -0.1) is 0 Å². The molecule has 0 radical (unpaired) electrons. The van der Waals surface area contributed by atoms with E-state index in [9.17, 15) is 18.0 Å². The molecule has 0 aliphatic carbocycles. The highest BCUT2D eigenvalue weighted by Gasteiger charge is 2.28. The summed E-state index contributed by atoms with van der Waals surface area (Å²) in [6, 6.07) is 14.9. The second-order valence-corrected chi connectivity index (χ2v) is 11.5. The van der Waals surface area contributed by atoms with Gasteiger partial charge in [0.2, 0.25) is 15.8 Å². The van der Waals surface area contributed by atoms with E-state index < -0.39 is 22.6 Å². The van der Waals surface area contributed by atoms with Crippen molar-refractivity contribution in [1.29, 1.82) is 0 Å². The molecule has 3 aromatic rings. The predicted molar refractivity (Wildman–Crippen MR) is 139 cm³/mol. The number of nitrogens with zero attached hydrogens (tertiary/aromatic N) is 2. The van der Waals surface area contributed by atoms with Gasteiger partial charge in [-0.05, 0) is 69.2 Å². The highest BCUT2D eigenvalue weighted by molar-refractivity contribution is 7.89. The first kappa shape index (κ1) is 26.0. The van der Waals surface area contributed by atoms with Gasteiger partial charge in [-0.3, -0.25) is 4.79 Å². The van der Waals surface area contributed by atoms with Crippen LogP contribution >= 0.6 is 0 Å². The third kappa shape index (κ3) is 5.19. The van der Waals surface area contributed by atoms with E-state index in [0.717, 1.165) is 24.2 Å². The molecule has 9 nitrogen and oxygen atoms in total. The molecule has 0 bridgehead atoms. The zero-order chi connectivity index (χ0) is 26.9. The number of Topliss-reactive ketones (excluding diaryl/α,β-unsaturated/α-hetero) is 1. The minimum atomic E-state index is -3.57. The molecule has 38 heavy (non-hydrogen) atoms. The highest BCUT2D eigenvalue weighted by Crippen LogP contribution is 2.31. The number of carbonyl (C=O) groups excluding carboxylic acids is 2. The number of benzene rings is 2. The average molecular weight is 539 g/mol. The Balaban J connectivity index is 1.20. The summed E-state index contributed by atoms with van der Waals surface area (Å²) in [5.74, 6) is 0.391. The van der Waals surface area contributed by atoms with Gasteiger partial charge in [-0.1, -0.05) is 12.1 Å². The number of hydrogen-bond donors (Lipinski definition) is 0. The molecule has 1 saturated heterocycles. The van der Waals surface area contributed by atoms with E-state index in [1.54, 1.807) is 6.07 Å². The van der Waals surface area contributed by atoms with Crippen molar-refractivity contribution < 1.29 is 32.2 Å². The van der Waals surface area contributed by atoms with Crippen LogP contribution in [0, 0.1) is 13.8 Å². The van der Waals surface area contributed by atoms with Gasteiger partial charge in [0.05, 0.1) is 17.0 Å². The molecule has 1 aromatic heterocycles. The van der Waals surface area contributed by atoms with Crippen LogP contribution in [0.25, 0.3) is 0 Å². The maximum Gasteiger partial charge on any atom is 0.338 e. The van der Waals surface area contributed by atoms with Crippen LogP contribution in [-0.4, -0.2) is 61.4 Å². The third-order valence-electron chi connectivity index (χ3n) is 6.95. The Morgan fingerprint density at radius 2 is 1.68 bits per heavy atom. The van der Waals surface area contributed by atoms with E-state index in [-0.39, 0.29) is 22.3 Å². The summed E-state index contributed by atoms with van der Waals surface area (Å²) in [5, 5.41) is 0. The molecule has 0 N–H and O–H groups in total. The van der Waals surface area contributed by atoms with Crippen molar-refractivity contribution in [3.05, 3.63) is 77.1 Å². The second-order valence-electron chi connectivity index (χ2n) is 9.53. The lowest BCUT2D eigenvalue weighted by molar-refractivity contribution is 0.0474. The van der Waals surface area contributed by atoms with Crippen LogP contribution in [0.5, 0.6) is 11.5 Å². The fourth-order valence-electron chi connectivity index (χ4n) is 4.85. The Hall–Kier alpha value is -3.63. The number of rotatable bonds is 8. The molecule has 10 heteroatoms. The summed E-state index contributed by atoms with van der Waals surface area (Å²) >= 11 is 0. The number of ketones is 1. The molecular formula is C28H30N2O7S. The number of esters is 1. The highest BCUT2D eigenvalue weighted by atomic mass is 32.2. The normalized spacial score (nSPS) is 17.4. The van der Waals surface area contributed by atoms with Gasteiger partial charge in [0.15, 0.2) is 24.2 Å². The van der Waals surface area contributed by atoms with Crippen molar-refractivity contribution in [2.24, 2.45) is 0 Å². The maximum atomic E-state index is 12.9. The van der Waals surface area contributed by atoms with Crippen molar-refractivity contribution >= 4 is 21.8 Å². The van der Waals surface area contributed by atoms with Crippen LogP contribution in [0.3, 0.4) is 0 Å². The van der Waals surface area contributed by atoms with Crippen molar-refractivity contribution in [2.75, 3.05) is 26.3 Å². The predicted octanol–water partition coefficient (Wildman–Crippen LogP) is 3.77. The van der Waals surface area contributed by atoms with Crippen LogP contribution < -0.4 is 9.47 Å². The van der Waals surface area contributed by atoms with Gasteiger partial charge >= 0.3 is 5.97 Å². The molecular weight excluding hydrogens is 508 g/mol. The van der Waals surface area contributed by atoms with Gasteiger partial charge in [-0.25, -0.2) is 13.2 Å². The molecule has 1 fully saturated rings. The summed E-state index contributed by atoms with van der Waals surface area (Å²) in [6.45, 7) is 5.24. The molecule has 2 aromatic carbocycles. The molecule has 0 saturated carbocycles. The molecule has 0 unspecified atom stereocenters. The third-order valence-corrected chi connectivity index (χ3v) is 8.87. The second kappa shape index (κ2) is 10.6. The zero-order valence-corrected chi connectivity index (χ0v) is 22.2. The van der Waals surface area contributed by atoms with E-state index in [1.165, 1.54) is 28.6 Å². The summed E-state index contributed by atoms with van der Waals surface area (Å²) in [6.07, 6.45) is 1.47. The van der Waals surface area contributed by atoms with Gasteiger partial charge in [0, 0.05) is 30.0 Å². The van der Waals surface area contributed by atoms with Crippen LogP contribution in [0.4, 0.5) is 0 Å². The van der Waals surface area contributed by atoms with Crippen LogP contribution in [0.1, 0.15) is 44.9 Å². The van der Waals surface area contributed by atoms with Gasteiger partial charge in [0.1, 0.15) is 6.61 Å². The largest absolute Gasteiger partial charge is 0.486 e. The number of ether oxygens (including phenoxy) is 3. The first-order valence-electron chi connectivity index (χ1n) is 12.6. The van der Waals surface area contributed by atoms with E-state index >= 15 is 0 Å². The van der Waals surface area contributed by atoms with E-state index in [1.807, 2.05) is 42.7 Å². The fourth-order valence-corrected chi connectivity index (χ4v) is 6.37. The summed E-state index contributed by atoms with van der Waals surface area (Å²) in [7, 11) is -3.57. The first-order chi connectivity index (χ1) is 18.2. The van der Waals surface area contributed by atoms with E-state index in [4.69, 9.17) is 14.2 Å². The van der Waals surface area contributed by atoms with Crippen molar-refractivity contribution in [3.8, 4) is 11.5 Å². The number of aryl methyl sites for hydroxylation is 1. The fraction of sp³-hybridized carbons (Fsp3) is 0.357. The Labute approximate surface area is 222 Å². The van der Waals surface area contributed by atoms with Gasteiger partial charge in [-0.2, -0.15) is 4.31 Å². The minimum Gasteiger partial charge on any atom is -0.486 e. The van der Waals surface area contributed by atoms with E-state index in [2.05, 4.69) is 0 Å². The number of sulfonamides is 1. The smallest absolute Gasteiger partial charge is 0.338 e. The molecule has 3 heterocycles. The lowest BCUT2D eigenvalue weighted by Crippen LogP contribution is -2.33. The standard InChI is InChI=1S/C28H30N2O7S/c1-19-15-24(20(2)30(19)16-22-17-35-26-7-3-4-8-27(26)37-22)25(31)18-36-28(32)21-9-11-23(12-10-21)38(33,34)29-13-5-6-14-29/h3-4,7-12,15,22H,5-6,13-14,16-18H2,1-2H3/t22-/m0/s1. The Morgan fingerprint density at radius 1 is 1.00 bits per heavy atom. The van der Waals surface area contributed by atoms with Crippen molar-refractivity contribution in [3.63, 3.8) is 0 Å². The number of fused-ring (bicyclic) bond motifs is 1. The van der Waals surface area contributed by atoms with Crippen LogP contribution in [-0.2, 0) is 21.3 Å². The number of para-hydroxylation sites is 2. The Kier molecular flexibility index (Phi) is 7.27. The monoisotopic (exact) mass is 538 g/mol. The topological polar surface area (TPSA) is 104 Å². The molecule has 1 atom stereocenters. The number of carbonyl (C=O) groups is 2. The molecule has 2 aliphatic rings. The molecule has 5 rings (SSSR count). The zero-order valence-electron chi connectivity index (χ0n) is 21.4. The van der Waals surface area contributed by atoms with Gasteiger partial charge < -0.3 is 18.8 Å². The first-order valence-corrected chi connectivity index (χ1v) is 14.0. The molecule has 0 spiro atoms. The number of hydrogen-bond acceptors (Lipinski definition) is 7. The molecule has 0 amide bonds. The lowest BCUT2D eigenvalue weighted by atomic mass is 10.1. The van der Waals surface area contributed by atoms with Gasteiger partial charge in [0.25, 0.3) is 0 Å². The van der Waals surface area contributed by atoms with Crippen molar-refractivity contribution in [1.82, 2.24) is 8.87 Å². The van der Waals surface area contributed by atoms with Crippen LogP contribution in [0.2, 0.25) is 0 Å².